The number of allylic oxidation sites excluding steroid dienone is 2. The predicted octanol–water partition coefficient (Wildman–Crippen LogP) is 2.91. The summed E-state index contributed by atoms with van der Waals surface area (Å²) in [6, 6.07) is 0.873. The van der Waals surface area contributed by atoms with Crippen LogP contribution < -0.4 is 0 Å². The second-order valence-electron chi connectivity index (χ2n) is 4.57. The molecule has 14 heavy (non-hydrogen) atoms. The van der Waals surface area contributed by atoms with E-state index in [9.17, 15) is 0 Å². The summed E-state index contributed by atoms with van der Waals surface area (Å²) < 4.78 is 0. The molecule has 1 heteroatoms. The predicted molar refractivity (Wildman–Crippen MR) is 61.2 cm³/mol. The molecule has 1 aliphatic carbocycles. The van der Waals surface area contributed by atoms with Crippen LogP contribution in [0.1, 0.15) is 26.2 Å². The molecule has 0 unspecified atom stereocenters. The average molecular weight is 189 g/mol. The molecule has 2 aliphatic rings. The smallest absolute Gasteiger partial charge is 0.0233 e. The molecule has 76 valence electrons. The van der Waals surface area contributed by atoms with Gasteiger partial charge >= 0.3 is 0 Å². The monoisotopic (exact) mass is 189 g/mol. The highest BCUT2D eigenvalue weighted by molar-refractivity contribution is 5.37. The third-order valence-corrected chi connectivity index (χ3v) is 3.00. The Labute approximate surface area is 86.8 Å². The normalized spacial score (nSPS) is 26.9. The first kappa shape index (κ1) is 9.72. The lowest BCUT2D eigenvalue weighted by Gasteiger charge is -2.30. The SMILES string of the molecule is C=C(C)/C=C1/CCN(C2CC2)CC1=C. The minimum atomic E-state index is 0.873. The Hall–Kier alpha value is -0.820. The number of piperidine rings is 1. The summed E-state index contributed by atoms with van der Waals surface area (Å²) in [7, 11) is 0. The first-order chi connectivity index (χ1) is 6.66. The van der Waals surface area contributed by atoms with Crippen LogP contribution in [0.3, 0.4) is 0 Å². The van der Waals surface area contributed by atoms with Gasteiger partial charge in [0.15, 0.2) is 0 Å². The highest BCUT2D eigenvalue weighted by Gasteiger charge is 2.31. The second-order valence-corrected chi connectivity index (χ2v) is 4.57. The van der Waals surface area contributed by atoms with E-state index in [1.807, 2.05) is 6.92 Å². The summed E-state index contributed by atoms with van der Waals surface area (Å²) >= 11 is 0. The van der Waals surface area contributed by atoms with Crippen LogP contribution in [-0.4, -0.2) is 24.0 Å². The Morgan fingerprint density at radius 3 is 2.71 bits per heavy atom. The van der Waals surface area contributed by atoms with Gasteiger partial charge in [0, 0.05) is 19.1 Å². The van der Waals surface area contributed by atoms with Crippen molar-refractivity contribution in [1.82, 2.24) is 4.90 Å². The summed E-state index contributed by atoms with van der Waals surface area (Å²) in [6.45, 7) is 12.4. The van der Waals surface area contributed by atoms with Crippen LogP contribution in [0.5, 0.6) is 0 Å². The van der Waals surface area contributed by atoms with E-state index in [1.165, 1.54) is 30.5 Å². The fourth-order valence-corrected chi connectivity index (χ4v) is 2.09. The molecule has 1 aliphatic heterocycles. The van der Waals surface area contributed by atoms with E-state index in [0.29, 0.717) is 0 Å². The summed E-state index contributed by atoms with van der Waals surface area (Å²) in [5, 5.41) is 0. The largest absolute Gasteiger partial charge is 0.296 e. The summed E-state index contributed by atoms with van der Waals surface area (Å²) in [4.78, 5) is 2.57. The van der Waals surface area contributed by atoms with Crippen molar-refractivity contribution >= 4 is 0 Å². The standard InChI is InChI=1S/C13H19N/c1-10(2)8-12-6-7-14(9-11(12)3)13-4-5-13/h8,13H,1,3-7,9H2,2H3/b12-8-. The third kappa shape index (κ3) is 2.16. The van der Waals surface area contributed by atoms with Crippen molar-refractivity contribution in [3.8, 4) is 0 Å². The number of likely N-dealkylation sites (tertiary alicyclic amines) is 1. The van der Waals surface area contributed by atoms with E-state index >= 15 is 0 Å². The van der Waals surface area contributed by atoms with E-state index in [2.05, 4.69) is 24.1 Å². The molecule has 2 rings (SSSR count). The Kier molecular flexibility index (Phi) is 2.60. The van der Waals surface area contributed by atoms with Crippen molar-refractivity contribution in [2.24, 2.45) is 0 Å². The molecule has 0 aromatic heterocycles. The third-order valence-electron chi connectivity index (χ3n) is 3.00. The highest BCUT2D eigenvalue weighted by atomic mass is 15.2. The fraction of sp³-hybridized carbons (Fsp3) is 0.538. The number of rotatable bonds is 2. The minimum Gasteiger partial charge on any atom is -0.296 e. The lowest BCUT2D eigenvalue weighted by atomic mass is 9.97. The molecule has 1 nitrogen and oxygen atoms in total. The van der Waals surface area contributed by atoms with Crippen LogP contribution in [0.25, 0.3) is 0 Å². The lowest BCUT2D eigenvalue weighted by Crippen LogP contribution is -2.33. The molecule has 1 saturated carbocycles. The average Bonchev–Trinajstić information content (AvgIpc) is 2.90. The highest BCUT2D eigenvalue weighted by Crippen LogP contribution is 2.32. The van der Waals surface area contributed by atoms with Crippen molar-refractivity contribution in [3.05, 3.63) is 36.0 Å². The molecule has 2 fully saturated rings. The van der Waals surface area contributed by atoms with E-state index < -0.39 is 0 Å². The Balaban J connectivity index is 1.99. The van der Waals surface area contributed by atoms with Gasteiger partial charge in [-0.3, -0.25) is 4.90 Å². The van der Waals surface area contributed by atoms with Crippen LogP contribution in [0.15, 0.2) is 36.0 Å². The molecule has 0 atom stereocenters. The Morgan fingerprint density at radius 2 is 2.21 bits per heavy atom. The van der Waals surface area contributed by atoms with Gasteiger partial charge in [0.05, 0.1) is 0 Å². The zero-order valence-corrected chi connectivity index (χ0v) is 9.05. The van der Waals surface area contributed by atoms with Gasteiger partial charge in [-0.25, -0.2) is 0 Å². The van der Waals surface area contributed by atoms with Crippen LogP contribution in [0, 0.1) is 0 Å². The molecular weight excluding hydrogens is 170 g/mol. The zero-order chi connectivity index (χ0) is 10.1. The van der Waals surface area contributed by atoms with E-state index in [0.717, 1.165) is 24.6 Å². The van der Waals surface area contributed by atoms with Crippen molar-refractivity contribution < 1.29 is 0 Å². The molecule has 0 bridgehead atoms. The van der Waals surface area contributed by atoms with Gasteiger partial charge in [-0.05, 0) is 37.3 Å². The Morgan fingerprint density at radius 1 is 1.50 bits per heavy atom. The number of hydrogen-bond donors (Lipinski definition) is 0. The van der Waals surface area contributed by atoms with Crippen molar-refractivity contribution in [3.63, 3.8) is 0 Å². The summed E-state index contributed by atoms with van der Waals surface area (Å²) in [6.07, 6.45) is 6.13. The maximum absolute atomic E-state index is 4.16. The summed E-state index contributed by atoms with van der Waals surface area (Å²) in [5.41, 5.74) is 3.85. The van der Waals surface area contributed by atoms with E-state index in [4.69, 9.17) is 0 Å². The van der Waals surface area contributed by atoms with E-state index in [1.54, 1.807) is 0 Å². The molecule has 0 aromatic rings. The van der Waals surface area contributed by atoms with Gasteiger partial charge in [-0.15, -0.1) is 0 Å². The number of nitrogens with zero attached hydrogens (tertiary/aromatic N) is 1. The topological polar surface area (TPSA) is 3.24 Å². The van der Waals surface area contributed by atoms with Gasteiger partial charge in [-0.1, -0.05) is 24.8 Å². The first-order valence-corrected chi connectivity index (χ1v) is 5.45. The zero-order valence-electron chi connectivity index (χ0n) is 9.05. The van der Waals surface area contributed by atoms with Crippen LogP contribution >= 0.6 is 0 Å². The molecule has 1 saturated heterocycles. The van der Waals surface area contributed by atoms with Crippen LogP contribution in [0.2, 0.25) is 0 Å². The van der Waals surface area contributed by atoms with Gasteiger partial charge in [0.25, 0.3) is 0 Å². The second kappa shape index (κ2) is 3.74. The molecule has 0 N–H and O–H groups in total. The molecule has 0 amide bonds. The molecule has 0 aromatic carbocycles. The van der Waals surface area contributed by atoms with Gasteiger partial charge in [0.1, 0.15) is 0 Å². The Bertz CT molecular complexity index is 294. The lowest BCUT2D eigenvalue weighted by molar-refractivity contribution is 0.275. The van der Waals surface area contributed by atoms with Crippen molar-refractivity contribution in [2.45, 2.75) is 32.2 Å². The molecule has 1 heterocycles. The quantitative estimate of drug-likeness (QED) is 0.645. The maximum atomic E-state index is 4.16. The fourth-order valence-electron chi connectivity index (χ4n) is 2.09. The van der Waals surface area contributed by atoms with E-state index in [-0.39, 0.29) is 0 Å². The molecule has 0 spiro atoms. The van der Waals surface area contributed by atoms with Gasteiger partial charge in [-0.2, -0.15) is 0 Å². The van der Waals surface area contributed by atoms with Gasteiger partial charge < -0.3 is 0 Å². The van der Waals surface area contributed by atoms with Gasteiger partial charge in [0.2, 0.25) is 0 Å². The van der Waals surface area contributed by atoms with Crippen molar-refractivity contribution in [2.75, 3.05) is 13.1 Å². The molecular formula is C13H19N. The summed E-state index contributed by atoms with van der Waals surface area (Å²) in [5.74, 6) is 0. The number of hydrogen-bond acceptors (Lipinski definition) is 1. The maximum Gasteiger partial charge on any atom is 0.0233 e. The first-order valence-electron chi connectivity index (χ1n) is 5.45. The van der Waals surface area contributed by atoms with Crippen LogP contribution in [-0.2, 0) is 0 Å². The van der Waals surface area contributed by atoms with Crippen LogP contribution in [0.4, 0.5) is 0 Å². The van der Waals surface area contributed by atoms with Crippen molar-refractivity contribution in [1.29, 1.82) is 0 Å². The molecule has 0 radical (unpaired) electrons. The minimum absolute atomic E-state index is 0.873.